The summed E-state index contributed by atoms with van der Waals surface area (Å²) in [5.41, 5.74) is 0. The minimum absolute atomic E-state index is 0.113. The van der Waals surface area contributed by atoms with E-state index in [1.807, 2.05) is 0 Å². The first kappa shape index (κ1) is 71.0. The zero-order chi connectivity index (χ0) is 55.0. The van der Waals surface area contributed by atoms with Crippen LogP contribution in [0.5, 0.6) is 0 Å². The van der Waals surface area contributed by atoms with Crippen molar-refractivity contribution in [1.82, 2.24) is 0 Å². The molecular weight excluding hydrogens is 937 g/mol. The predicted octanol–water partition coefficient (Wildman–Crippen LogP) is 20.9. The Morgan fingerprint density at radius 3 is 0.842 bits per heavy atom. The fourth-order valence-corrected chi connectivity index (χ4v) is 7.79. The van der Waals surface area contributed by atoms with E-state index in [9.17, 15) is 14.4 Å². The van der Waals surface area contributed by atoms with Gasteiger partial charge in [-0.25, -0.2) is 0 Å². The molecule has 6 heteroatoms. The zero-order valence-corrected chi connectivity index (χ0v) is 48.7. The van der Waals surface area contributed by atoms with Gasteiger partial charge in [-0.3, -0.25) is 14.4 Å². The van der Waals surface area contributed by atoms with Crippen LogP contribution >= 0.6 is 0 Å². The molecule has 0 rings (SSSR count). The van der Waals surface area contributed by atoms with Crippen molar-refractivity contribution in [1.29, 1.82) is 0 Å². The maximum absolute atomic E-state index is 12.8. The monoisotopic (exact) mass is 1050 g/mol. The summed E-state index contributed by atoms with van der Waals surface area (Å²) in [6, 6.07) is 0. The van der Waals surface area contributed by atoms with Crippen molar-refractivity contribution in [3.63, 3.8) is 0 Å². The highest BCUT2D eigenvalue weighted by Gasteiger charge is 2.19. The van der Waals surface area contributed by atoms with Gasteiger partial charge in [0.15, 0.2) is 6.10 Å². The summed E-state index contributed by atoms with van der Waals surface area (Å²) in [5.74, 6) is -1.00. The molecule has 0 aliphatic rings. The molecule has 0 N–H and O–H groups in total. The highest BCUT2D eigenvalue weighted by Crippen LogP contribution is 2.14. The maximum Gasteiger partial charge on any atom is 0.306 e. The zero-order valence-electron chi connectivity index (χ0n) is 48.7. The lowest BCUT2D eigenvalue weighted by Crippen LogP contribution is -2.30. The molecule has 0 spiro atoms. The number of hydrogen-bond donors (Lipinski definition) is 0. The second kappa shape index (κ2) is 62.6. The molecule has 0 bridgehead atoms. The number of rotatable bonds is 53. The number of allylic oxidation sites excluding steroid dienone is 26. The average molecular weight is 1050 g/mol. The fourth-order valence-electron chi connectivity index (χ4n) is 7.79. The first-order chi connectivity index (χ1) is 37.5. The van der Waals surface area contributed by atoms with E-state index in [1.165, 1.54) is 57.8 Å². The Hall–Kier alpha value is -4.97. The van der Waals surface area contributed by atoms with E-state index in [2.05, 4.69) is 179 Å². The van der Waals surface area contributed by atoms with Crippen LogP contribution < -0.4 is 0 Å². The van der Waals surface area contributed by atoms with E-state index < -0.39 is 6.10 Å². The summed E-state index contributed by atoms with van der Waals surface area (Å²) in [6.45, 7) is 6.33. The van der Waals surface area contributed by atoms with Gasteiger partial charge >= 0.3 is 17.9 Å². The molecule has 0 aliphatic heterocycles. The number of carbonyl (C=O) groups excluding carboxylic acids is 3. The van der Waals surface area contributed by atoms with Gasteiger partial charge < -0.3 is 14.2 Å². The third-order valence-corrected chi connectivity index (χ3v) is 12.3. The van der Waals surface area contributed by atoms with Crippen LogP contribution in [0.3, 0.4) is 0 Å². The number of ether oxygens (including phenoxy) is 3. The van der Waals surface area contributed by atoms with Crippen LogP contribution in [0.15, 0.2) is 158 Å². The van der Waals surface area contributed by atoms with Gasteiger partial charge in [-0.15, -0.1) is 0 Å². The predicted molar refractivity (Wildman–Crippen MR) is 329 cm³/mol. The number of carbonyl (C=O) groups is 3. The molecular formula is C70H110O6. The number of esters is 3. The first-order valence-corrected chi connectivity index (χ1v) is 30.5. The maximum atomic E-state index is 12.8. The van der Waals surface area contributed by atoms with Crippen molar-refractivity contribution in [2.45, 2.75) is 252 Å². The van der Waals surface area contributed by atoms with Crippen LogP contribution in [-0.2, 0) is 28.6 Å². The molecule has 0 aromatic heterocycles. The highest BCUT2D eigenvalue weighted by molar-refractivity contribution is 5.71. The smallest absolute Gasteiger partial charge is 0.306 e. The molecule has 6 nitrogen and oxygen atoms in total. The molecule has 0 saturated heterocycles. The molecule has 0 saturated carbocycles. The molecule has 0 amide bonds. The van der Waals surface area contributed by atoms with E-state index in [0.29, 0.717) is 19.3 Å². The van der Waals surface area contributed by atoms with Crippen molar-refractivity contribution >= 4 is 17.9 Å². The molecule has 0 aromatic rings. The van der Waals surface area contributed by atoms with E-state index >= 15 is 0 Å². The van der Waals surface area contributed by atoms with Gasteiger partial charge in [0, 0.05) is 19.3 Å². The lowest BCUT2D eigenvalue weighted by Gasteiger charge is -2.18. The Bertz CT molecular complexity index is 1720. The van der Waals surface area contributed by atoms with E-state index in [0.717, 1.165) is 141 Å². The molecule has 0 fully saturated rings. The highest BCUT2D eigenvalue weighted by atomic mass is 16.6. The van der Waals surface area contributed by atoms with Crippen LogP contribution in [-0.4, -0.2) is 37.2 Å². The largest absolute Gasteiger partial charge is 0.462 e. The second-order valence-electron chi connectivity index (χ2n) is 19.5. The van der Waals surface area contributed by atoms with Crippen LogP contribution in [0, 0.1) is 0 Å². The van der Waals surface area contributed by atoms with Gasteiger partial charge in [-0.1, -0.05) is 262 Å². The normalized spacial score (nSPS) is 13.2. The lowest BCUT2D eigenvalue weighted by molar-refractivity contribution is -0.167. The van der Waals surface area contributed by atoms with E-state index in [1.54, 1.807) is 0 Å². The van der Waals surface area contributed by atoms with Crippen LogP contribution in [0.2, 0.25) is 0 Å². The Morgan fingerprint density at radius 2 is 0.526 bits per heavy atom. The quantitative estimate of drug-likeness (QED) is 0.0261. The molecule has 0 radical (unpaired) electrons. The summed E-state index contributed by atoms with van der Waals surface area (Å²) >= 11 is 0. The van der Waals surface area contributed by atoms with Crippen molar-refractivity contribution in [3.05, 3.63) is 158 Å². The number of hydrogen-bond acceptors (Lipinski definition) is 6. The van der Waals surface area contributed by atoms with Crippen LogP contribution in [0.1, 0.15) is 245 Å². The molecule has 0 heterocycles. The van der Waals surface area contributed by atoms with Crippen LogP contribution in [0.25, 0.3) is 0 Å². The molecule has 76 heavy (non-hydrogen) atoms. The third-order valence-electron chi connectivity index (χ3n) is 12.3. The number of unbranched alkanes of at least 4 members (excludes halogenated alkanes) is 16. The van der Waals surface area contributed by atoms with Crippen molar-refractivity contribution in [2.75, 3.05) is 13.2 Å². The molecule has 1 unspecified atom stereocenters. The minimum atomic E-state index is -0.825. The Labute approximate surface area is 467 Å². The summed E-state index contributed by atoms with van der Waals surface area (Å²) in [7, 11) is 0. The van der Waals surface area contributed by atoms with Crippen LogP contribution in [0.4, 0.5) is 0 Å². The Balaban J connectivity index is 4.45. The summed E-state index contributed by atoms with van der Waals surface area (Å²) < 4.78 is 16.8. The molecule has 0 aromatic carbocycles. The average Bonchev–Trinajstić information content (AvgIpc) is 3.42. The molecule has 426 valence electrons. The molecule has 0 aliphatic carbocycles. The van der Waals surface area contributed by atoms with Gasteiger partial charge in [0.25, 0.3) is 0 Å². The van der Waals surface area contributed by atoms with Crippen molar-refractivity contribution in [3.8, 4) is 0 Å². The van der Waals surface area contributed by atoms with Gasteiger partial charge in [-0.05, 0) is 122 Å². The second-order valence-corrected chi connectivity index (χ2v) is 19.5. The lowest BCUT2D eigenvalue weighted by atomic mass is 10.0. The fraction of sp³-hybridized carbons (Fsp3) is 0.586. The van der Waals surface area contributed by atoms with Crippen molar-refractivity contribution in [2.24, 2.45) is 0 Å². The van der Waals surface area contributed by atoms with Gasteiger partial charge in [-0.2, -0.15) is 0 Å². The summed E-state index contributed by atoms with van der Waals surface area (Å²) in [6.07, 6.45) is 91.0. The standard InChI is InChI=1S/C70H110O6/c1-4-7-10-13-16-19-22-25-27-29-30-31-32-33-34-35-36-37-38-39-40-42-43-45-48-51-54-57-60-63-69(72)75-66-67(65-74-68(71)62-59-56-53-50-47-24-21-18-15-12-9-6-3)76-70(73)64-61-58-55-52-49-46-44-41-28-26-23-20-17-14-11-8-5-2/h7-8,10-11,16-17,19-20,25-28,30-31,33-34,36-37,39-40,43-46,52,55,67H,4-6,9,12-15,18,21-24,29,32,35,38,41-42,47-51,53-54,56-66H2,1-3H3/b10-7-,11-8-,19-16-,20-17-,27-25-,28-26-,31-30-,34-33-,37-36-,40-39-,45-43-,46-44-,55-52-. The summed E-state index contributed by atoms with van der Waals surface area (Å²) in [4.78, 5) is 38.2. The Morgan fingerprint density at radius 1 is 0.276 bits per heavy atom. The minimum Gasteiger partial charge on any atom is -0.462 e. The van der Waals surface area contributed by atoms with Gasteiger partial charge in [0.05, 0.1) is 0 Å². The van der Waals surface area contributed by atoms with E-state index in [-0.39, 0.29) is 37.5 Å². The van der Waals surface area contributed by atoms with Crippen molar-refractivity contribution < 1.29 is 28.6 Å². The topological polar surface area (TPSA) is 78.9 Å². The van der Waals surface area contributed by atoms with E-state index in [4.69, 9.17) is 14.2 Å². The SMILES string of the molecule is CC/C=C\C/C=C\C/C=C\C/C=C\C/C=C\C/C=C\C/C=C\C/C=C\CCCCCCC(=O)OCC(COC(=O)CCCCCCCCCCCCCC)OC(=O)CCC/C=C\C/C=C\C/C=C\C/C=C\C/C=C\CC. The van der Waals surface area contributed by atoms with Gasteiger partial charge in [0.2, 0.25) is 0 Å². The third kappa shape index (κ3) is 59.9. The summed E-state index contributed by atoms with van der Waals surface area (Å²) in [5, 5.41) is 0. The Kier molecular flexibility index (Phi) is 58.5. The molecule has 1 atom stereocenters. The van der Waals surface area contributed by atoms with Gasteiger partial charge in [0.1, 0.15) is 13.2 Å². The first-order valence-electron chi connectivity index (χ1n) is 30.5.